The van der Waals surface area contributed by atoms with Crippen LogP contribution in [0.25, 0.3) is 5.52 Å². The van der Waals surface area contributed by atoms with Crippen LogP contribution in [0.2, 0.25) is 0 Å². The first-order valence-corrected chi connectivity index (χ1v) is 6.35. The lowest BCUT2D eigenvalue weighted by atomic mass is 10.0. The monoisotopic (exact) mass is 232 g/mol. The van der Waals surface area contributed by atoms with Gasteiger partial charge in [0.1, 0.15) is 0 Å². The number of hydrogen-bond acceptors (Lipinski definition) is 3. The minimum Gasteiger partial charge on any atom is -0.324 e. The summed E-state index contributed by atoms with van der Waals surface area (Å²) in [6.45, 7) is 2.22. The molecule has 0 amide bonds. The van der Waals surface area contributed by atoms with Gasteiger partial charge in [-0.3, -0.25) is 4.98 Å². The molecule has 92 valence electrons. The first-order chi connectivity index (χ1) is 8.33. The second kappa shape index (κ2) is 5.77. The maximum absolute atomic E-state index is 6.21. The number of nitrogens with zero attached hydrogens (tertiary/aromatic N) is 3. The zero-order chi connectivity index (χ0) is 12.1. The van der Waals surface area contributed by atoms with Gasteiger partial charge in [0.2, 0.25) is 0 Å². The molecule has 0 radical (unpaired) electrons. The highest BCUT2D eigenvalue weighted by Crippen LogP contribution is 2.21. The third kappa shape index (κ3) is 2.82. The predicted molar refractivity (Wildman–Crippen MR) is 68.7 cm³/mol. The van der Waals surface area contributed by atoms with E-state index >= 15 is 0 Å². The molecular weight excluding hydrogens is 212 g/mol. The summed E-state index contributed by atoms with van der Waals surface area (Å²) in [7, 11) is 0. The van der Waals surface area contributed by atoms with Gasteiger partial charge in [0.25, 0.3) is 0 Å². The molecule has 0 spiro atoms. The average Bonchev–Trinajstić information content (AvgIpc) is 2.78. The summed E-state index contributed by atoms with van der Waals surface area (Å²) in [6.07, 6.45) is 13.3. The smallest absolute Gasteiger partial charge is 0.0892 e. The Morgan fingerprint density at radius 3 is 3.00 bits per heavy atom. The van der Waals surface area contributed by atoms with Crippen LogP contribution in [-0.2, 0) is 0 Å². The Bertz CT molecular complexity index is 463. The molecular formula is C13H20N4. The molecule has 2 aromatic heterocycles. The van der Waals surface area contributed by atoms with E-state index < -0.39 is 0 Å². The Morgan fingerprint density at radius 1 is 1.29 bits per heavy atom. The fourth-order valence-electron chi connectivity index (χ4n) is 2.08. The fourth-order valence-corrected chi connectivity index (χ4v) is 2.08. The van der Waals surface area contributed by atoms with E-state index in [1.165, 1.54) is 25.7 Å². The molecule has 2 heterocycles. The van der Waals surface area contributed by atoms with E-state index in [0.717, 1.165) is 17.5 Å². The van der Waals surface area contributed by atoms with Gasteiger partial charge in [-0.25, -0.2) is 4.52 Å². The molecule has 0 saturated heterocycles. The van der Waals surface area contributed by atoms with Crippen molar-refractivity contribution in [1.82, 2.24) is 14.6 Å². The van der Waals surface area contributed by atoms with Gasteiger partial charge in [0.05, 0.1) is 17.9 Å². The molecule has 2 rings (SSSR count). The number of unbranched alkanes of at least 4 members (excludes halogenated alkanes) is 3. The molecule has 4 heteroatoms. The van der Waals surface area contributed by atoms with Crippen LogP contribution in [0.1, 0.15) is 50.6 Å². The summed E-state index contributed by atoms with van der Waals surface area (Å²) in [5.74, 6) is 0. The average molecular weight is 232 g/mol. The van der Waals surface area contributed by atoms with E-state index in [1.807, 2.05) is 23.1 Å². The highest BCUT2D eigenvalue weighted by Gasteiger charge is 2.11. The third-order valence-corrected chi connectivity index (χ3v) is 3.12. The van der Waals surface area contributed by atoms with Gasteiger partial charge in [0, 0.05) is 24.0 Å². The van der Waals surface area contributed by atoms with Gasteiger partial charge in [-0.2, -0.15) is 5.10 Å². The standard InChI is InChI=1S/C13H20N4/c1-2-3-4-5-6-12(14)11-9-16-17-8-7-15-10-13(11)17/h7-10,12H,2-6,14H2,1H3. The van der Waals surface area contributed by atoms with E-state index in [2.05, 4.69) is 17.0 Å². The molecule has 0 bridgehead atoms. The van der Waals surface area contributed by atoms with Crippen LogP contribution in [0.5, 0.6) is 0 Å². The molecule has 0 fully saturated rings. The Kier molecular flexibility index (Phi) is 4.09. The maximum Gasteiger partial charge on any atom is 0.0892 e. The molecule has 0 aliphatic rings. The summed E-state index contributed by atoms with van der Waals surface area (Å²) in [5, 5.41) is 4.28. The molecule has 17 heavy (non-hydrogen) atoms. The second-order valence-corrected chi connectivity index (χ2v) is 4.46. The van der Waals surface area contributed by atoms with E-state index in [4.69, 9.17) is 5.73 Å². The molecule has 0 saturated carbocycles. The SMILES string of the molecule is CCCCCCC(N)c1cnn2ccncc12. The van der Waals surface area contributed by atoms with Crippen LogP contribution in [0, 0.1) is 0 Å². The summed E-state index contributed by atoms with van der Waals surface area (Å²) in [6, 6.07) is 0.0774. The first-order valence-electron chi connectivity index (χ1n) is 6.35. The van der Waals surface area contributed by atoms with Gasteiger partial charge >= 0.3 is 0 Å². The van der Waals surface area contributed by atoms with Crippen molar-refractivity contribution in [3.05, 3.63) is 30.4 Å². The molecule has 2 aromatic rings. The number of nitrogens with two attached hydrogens (primary N) is 1. The normalized spacial score (nSPS) is 13.1. The van der Waals surface area contributed by atoms with Crippen molar-refractivity contribution < 1.29 is 0 Å². The number of aromatic nitrogens is 3. The maximum atomic E-state index is 6.21. The highest BCUT2D eigenvalue weighted by atomic mass is 15.2. The molecule has 1 unspecified atom stereocenters. The van der Waals surface area contributed by atoms with Crippen LogP contribution >= 0.6 is 0 Å². The van der Waals surface area contributed by atoms with Gasteiger partial charge in [-0.05, 0) is 6.42 Å². The van der Waals surface area contributed by atoms with Gasteiger partial charge in [-0.1, -0.05) is 32.6 Å². The van der Waals surface area contributed by atoms with Crippen molar-refractivity contribution in [2.45, 2.75) is 45.1 Å². The van der Waals surface area contributed by atoms with Crippen molar-refractivity contribution in [3.8, 4) is 0 Å². The molecule has 0 aromatic carbocycles. The number of fused-ring (bicyclic) bond motifs is 1. The van der Waals surface area contributed by atoms with Crippen LogP contribution in [0.3, 0.4) is 0 Å². The third-order valence-electron chi connectivity index (χ3n) is 3.12. The van der Waals surface area contributed by atoms with E-state index in [-0.39, 0.29) is 6.04 Å². The number of rotatable bonds is 6. The Balaban J connectivity index is 2.01. The second-order valence-electron chi connectivity index (χ2n) is 4.46. The van der Waals surface area contributed by atoms with Gasteiger partial charge in [-0.15, -0.1) is 0 Å². The van der Waals surface area contributed by atoms with Crippen molar-refractivity contribution in [1.29, 1.82) is 0 Å². The van der Waals surface area contributed by atoms with Crippen molar-refractivity contribution >= 4 is 5.52 Å². The highest BCUT2D eigenvalue weighted by molar-refractivity contribution is 5.52. The van der Waals surface area contributed by atoms with Crippen LogP contribution in [0.4, 0.5) is 0 Å². The Labute approximate surface area is 102 Å². The van der Waals surface area contributed by atoms with E-state index in [0.29, 0.717) is 0 Å². The molecule has 2 N–H and O–H groups in total. The first kappa shape index (κ1) is 12.0. The van der Waals surface area contributed by atoms with Crippen molar-refractivity contribution in [2.75, 3.05) is 0 Å². The lowest BCUT2D eigenvalue weighted by Gasteiger charge is -2.09. The summed E-state index contributed by atoms with van der Waals surface area (Å²) in [5.41, 5.74) is 8.34. The summed E-state index contributed by atoms with van der Waals surface area (Å²) < 4.78 is 1.83. The van der Waals surface area contributed by atoms with Crippen LogP contribution in [-0.4, -0.2) is 14.6 Å². The van der Waals surface area contributed by atoms with Crippen LogP contribution in [0.15, 0.2) is 24.8 Å². The molecule has 4 nitrogen and oxygen atoms in total. The largest absolute Gasteiger partial charge is 0.324 e. The number of hydrogen-bond donors (Lipinski definition) is 1. The minimum absolute atomic E-state index is 0.0774. The van der Waals surface area contributed by atoms with Gasteiger partial charge < -0.3 is 5.73 Å². The fraction of sp³-hybridized carbons (Fsp3) is 0.538. The van der Waals surface area contributed by atoms with Crippen molar-refractivity contribution in [2.24, 2.45) is 5.73 Å². The lowest BCUT2D eigenvalue weighted by Crippen LogP contribution is -2.09. The van der Waals surface area contributed by atoms with Crippen molar-refractivity contribution in [3.63, 3.8) is 0 Å². The zero-order valence-electron chi connectivity index (χ0n) is 10.3. The summed E-state index contributed by atoms with van der Waals surface area (Å²) >= 11 is 0. The Hall–Kier alpha value is -1.42. The van der Waals surface area contributed by atoms with Gasteiger partial charge in [0.15, 0.2) is 0 Å². The van der Waals surface area contributed by atoms with E-state index in [1.54, 1.807) is 6.20 Å². The predicted octanol–water partition coefficient (Wildman–Crippen LogP) is 2.70. The molecule has 0 aliphatic heterocycles. The minimum atomic E-state index is 0.0774. The van der Waals surface area contributed by atoms with Crippen LogP contribution < -0.4 is 5.73 Å². The lowest BCUT2D eigenvalue weighted by molar-refractivity contribution is 0.568. The quantitative estimate of drug-likeness (QED) is 0.779. The molecule has 0 aliphatic carbocycles. The zero-order valence-corrected chi connectivity index (χ0v) is 10.3. The Morgan fingerprint density at radius 2 is 2.18 bits per heavy atom. The topological polar surface area (TPSA) is 56.2 Å². The molecule has 1 atom stereocenters. The van der Waals surface area contributed by atoms with E-state index in [9.17, 15) is 0 Å². The summed E-state index contributed by atoms with van der Waals surface area (Å²) in [4.78, 5) is 4.12.